The summed E-state index contributed by atoms with van der Waals surface area (Å²) in [4.78, 5) is 26.7. The zero-order valence-corrected chi connectivity index (χ0v) is 14.3. The largest absolute Gasteiger partial charge is 0.378 e. The summed E-state index contributed by atoms with van der Waals surface area (Å²) < 4.78 is 5.25. The fraction of sp³-hybridized carbons (Fsp3) is 0.300. The minimum Gasteiger partial charge on any atom is -0.378 e. The Morgan fingerprint density at radius 3 is 2.40 bits per heavy atom. The lowest BCUT2D eigenvalue weighted by Crippen LogP contribution is -2.50. The predicted molar refractivity (Wildman–Crippen MR) is 96.2 cm³/mol. The number of hydrogen-bond donors (Lipinski definition) is 1. The molecule has 0 unspecified atom stereocenters. The molecule has 1 heterocycles. The minimum atomic E-state index is -0.564. The van der Waals surface area contributed by atoms with Crippen molar-refractivity contribution in [1.82, 2.24) is 10.2 Å². The molecule has 2 amide bonds. The van der Waals surface area contributed by atoms with Crippen molar-refractivity contribution in [3.8, 4) is 11.1 Å². The molecule has 0 radical (unpaired) electrons. The lowest BCUT2D eigenvalue weighted by molar-refractivity contribution is -0.136. The van der Waals surface area contributed by atoms with Crippen LogP contribution in [0.25, 0.3) is 11.1 Å². The molecule has 0 aliphatic carbocycles. The van der Waals surface area contributed by atoms with Gasteiger partial charge in [0.25, 0.3) is 5.91 Å². The van der Waals surface area contributed by atoms with Gasteiger partial charge in [0, 0.05) is 18.7 Å². The second kappa shape index (κ2) is 7.94. The van der Waals surface area contributed by atoms with Gasteiger partial charge < -0.3 is 15.0 Å². The van der Waals surface area contributed by atoms with E-state index in [-0.39, 0.29) is 11.8 Å². The Morgan fingerprint density at radius 2 is 1.68 bits per heavy atom. The van der Waals surface area contributed by atoms with Gasteiger partial charge in [-0.3, -0.25) is 9.59 Å². The fourth-order valence-corrected chi connectivity index (χ4v) is 2.87. The molecule has 130 valence electrons. The van der Waals surface area contributed by atoms with Crippen LogP contribution in [0.4, 0.5) is 0 Å². The van der Waals surface area contributed by atoms with Crippen LogP contribution in [0.5, 0.6) is 0 Å². The van der Waals surface area contributed by atoms with Gasteiger partial charge >= 0.3 is 0 Å². The summed E-state index contributed by atoms with van der Waals surface area (Å²) in [6.07, 6.45) is 0. The van der Waals surface area contributed by atoms with Crippen molar-refractivity contribution in [2.24, 2.45) is 0 Å². The fourth-order valence-electron chi connectivity index (χ4n) is 2.87. The first-order valence-corrected chi connectivity index (χ1v) is 8.48. The molecule has 2 aromatic rings. The smallest absolute Gasteiger partial charge is 0.251 e. The molecule has 1 N–H and O–H groups in total. The molecular formula is C20H22N2O3. The van der Waals surface area contributed by atoms with Crippen LogP contribution in [0.1, 0.15) is 17.3 Å². The highest BCUT2D eigenvalue weighted by Gasteiger charge is 2.24. The third-order valence-electron chi connectivity index (χ3n) is 4.27. The average Bonchev–Trinajstić information content (AvgIpc) is 2.68. The lowest BCUT2D eigenvalue weighted by Gasteiger charge is -2.29. The van der Waals surface area contributed by atoms with E-state index in [2.05, 4.69) is 5.32 Å². The maximum atomic E-state index is 12.5. The number of nitrogens with zero attached hydrogens (tertiary/aromatic N) is 1. The van der Waals surface area contributed by atoms with Crippen LogP contribution in [0.3, 0.4) is 0 Å². The summed E-state index contributed by atoms with van der Waals surface area (Å²) in [5.41, 5.74) is 2.57. The molecule has 1 fully saturated rings. The van der Waals surface area contributed by atoms with Gasteiger partial charge in [-0.1, -0.05) is 42.5 Å². The maximum absolute atomic E-state index is 12.5. The number of carbonyl (C=O) groups excluding carboxylic acids is 2. The van der Waals surface area contributed by atoms with Crippen LogP contribution in [0.2, 0.25) is 0 Å². The molecule has 25 heavy (non-hydrogen) atoms. The van der Waals surface area contributed by atoms with E-state index in [0.29, 0.717) is 31.9 Å². The standard InChI is InChI=1S/C20H22N2O3/c1-15(20(24)22-10-12-25-13-11-22)21-19(23)18-9-5-8-17(14-18)16-6-3-2-4-7-16/h2-9,14-15H,10-13H2,1H3,(H,21,23)/t15-/m0/s1. The van der Waals surface area contributed by atoms with Gasteiger partial charge in [0.05, 0.1) is 13.2 Å². The first-order chi connectivity index (χ1) is 12.1. The second-order valence-corrected chi connectivity index (χ2v) is 6.08. The Kier molecular flexibility index (Phi) is 5.46. The van der Waals surface area contributed by atoms with Crippen LogP contribution in [0, 0.1) is 0 Å². The van der Waals surface area contributed by atoms with Gasteiger partial charge in [-0.25, -0.2) is 0 Å². The zero-order valence-electron chi connectivity index (χ0n) is 14.3. The van der Waals surface area contributed by atoms with E-state index >= 15 is 0 Å². The first kappa shape index (κ1) is 17.2. The third kappa shape index (κ3) is 4.25. The Balaban J connectivity index is 1.67. The van der Waals surface area contributed by atoms with Crippen LogP contribution >= 0.6 is 0 Å². The van der Waals surface area contributed by atoms with Crippen LogP contribution < -0.4 is 5.32 Å². The number of nitrogens with one attached hydrogen (secondary N) is 1. The molecule has 0 spiro atoms. The molecule has 1 aliphatic rings. The molecule has 1 aliphatic heterocycles. The van der Waals surface area contributed by atoms with Crippen LogP contribution in [0.15, 0.2) is 54.6 Å². The van der Waals surface area contributed by atoms with Crippen molar-refractivity contribution in [2.45, 2.75) is 13.0 Å². The normalized spacial score (nSPS) is 15.5. The van der Waals surface area contributed by atoms with Gasteiger partial charge in [-0.15, -0.1) is 0 Å². The van der Waals surface area contributed by atoms with E-state index in [4.69, 9.17) is 4.74 Å². The summed E-state index contributed by atoms with van der Waals surface area (Å²) in [7, 11) is 0. The van der Waals surface area contributed by atoms with Crippen molar-refractivity contribution in [3.63, 3.8) is 0 Å². The quantitative estimate of drug-likeness (QED) is 0.931. The van der Waals surface area contributed by atoms with Gasteiger partial charge in [0.2, 0.25) is 5.91 Å². The van der Waals surface area contributed by atoms with E-state index < -0.39 is 6.04 Å². The van der Waals surface area contributed by atoms with E-state index in [1.54, 1.807) is 17.9 Å². The number of hydrogen-bond acceptors (Lipinski definition) is 3. The van der Waals surface area contributed by atoms with Crippen molar-refractivity contribution in [3.05, 3.63) is 60.2 Å². The molecule has 3 rings (SSSR count). The summed E-state index contributed by atoms with van der Waals surface area (Å²) >= 11 is 0. The van der Waals surface area contributed by atoms with Crippen LogP contribution in [-0.2, 0) is 9.53 Å². The SMILES string of the molecule is C[C@H](NC(=O)c1cccc(-c2ccccc2)c1)C(=O)N1CCOCC1. The summed E-state index contributed by atoms with van der Waals surface area (Å²) in [6, 6.07) is 16.7. The van der Waals surface area contributed by atoms with E-state index in [1.807, 2.05) is 48.5 Å². The average molecular weight is 338 g/mol. The lowest BCUT2D eigenvalue weighted by atomic mass is 10.0. The molecule has 2 aromatic carbocycles. The molecule has 0 aromatic heterocycles. The highest BCUT2D eigenvalue weighted by Crippen LogP contribution is 2.20. The van der Waals surface area contributed by atoms with Crippen molar-refractivity contribution < 1.29 is 14.3 Å². The Morgan fingerprint density at radius 1 is 1.00 bits per heavy atom. The minimum absolute atomic E-state index is 0.0733. The highest BCUT2D eigenvalue weighted by molar-refractivity contribution is 5.98. The Labute approximate surface area is 147 Å². The predicted octanol–water partition coefficient (Wildman–Crippen LogP) is 2.33. The first-order valence-electron chi connectivity index (χ1n) is 8.48. The zero-order chi connectivity index (χ0) is 17.6. The van der Waals surface area contributed by atoms with Gasteiger partial charge in [0.1, 0.15) is 6.04 Å². The molecule has 5 heteroatoms. The Hall–Kier alpha value is -2.66. The summed E-state index contributed by atoms with van der Waals surface area (Å²) in [5.74, 6) is -0.317. The van der Waals surface area contributed by atoms with Gasteiger partial charge in [-0.05, 0) is 30.2 Å². The van der Waals surface area contributed by atoms with Crippen LogP contribution in [-0.4, -0.2) is 49.1 Å². The van der Waals surface area contributed by atoms with Gasteiger partial charge in [0.15, 0.2) is 0 Å². The molecule has 1 atom stereocenters. The summed E-state index contributed by atoms with van der Waals surface area (Å²) in [5, 5.41) is 2.80. The monoisotopic (exact) mass is 338 g/mol. The Bertz CT molecular complexity index is 740. The van der Waals surface area contributed by atoms with E-state index in [1.165, 1.54) is 0 Å². The molecule has 0 bridgehead atoms. The second-order valence-electron chi connectivity index (χ2n) is 6.08. The number of morpholine rings is 1. The maximum Gasteiger partial charge on any atom is 0.251 e. The van der Waals surface area contributed by atoms with E-state index in [9.17, 15) is 9.59 Å². The number of carbonyl (C=O) groups is 2. The van der Waals surface area contributed by atoms with Crippen molar-refractivity contribution in [2.75, 3.05) is 26.3 Å². The topological polar surface area (TPSA) is 58.6 Å². The third-order valence-corrected chi connectivity index (χ3v) is 4.27. The molecule has 0 saturated carbocycles. The number of rotatable bonds is 4. The number of ether oxygens (including phenoxy) is 1. The van der Waals surface area contributed by atoms with Crippen molar-refractivity contribution in [1.29, 1.82) is 0 Å². The van der Waals surface area contributed by atoms with Crippen molar-refractivity contribution >= 4 is 11.8 Å². The number of amides is 2. The highest BCUT2D eigenvalue weighted by atomic mass is 16.5. The molecule has 5 nitrogen and oxygen atoms in total. The molecular weight excluding hydrogens is 316 g/mol. The van der Waals surface area contributed by atoms with Gasteiger partial charge in [-0.2, -0.15) is 0 Å². The summed E-state index contributed by atoms with van der Waals surface area (Å²) in [6.45, 7) is 3.96. The number of benzene rings is 2. The molecule has 1 saturated heterocycles. The van der Waals surface area contributed by atoms with E-state index in [0.717, 1.165) is 11.1 Å².